The third-order valence-electron chi connectivity index (χ3n) is 24.7. The number of nitriles is 4. The summed E-state index contributed by atoms with van der Waals surface area (Å²) in [6, 6.07) is 63.2. The molecule has 13 aromatic rings. The van der Waals surface area contributed by atoms with E-state index < -0.39 is 24.4 Å². The molecule has 0 aliphatic carbocycles. The standard InChI is InChI=1S/C28H35N5O3.C28H34N4O3.C27H32N4O3S.C26H27N5O3/c1-4-33-26-19-23(36-17-7-12-32-15-13-31(3)14-16-32)10-11-24(26)25(20-29)27(33)21-8-6-9-22(18-21)30-28(34)35-5-2;1-3-32-26-19-23(35-17-9-16-31-14-6-5-7-15-31)12-13-24(26)25(20-29)27(32)21-10-8-11-22(18-21)30-28(33)34-4-2;1-3-31-25-18-22(34-14-6-11-30-12-15-35-16-13-30)9-10-23(25)24(19-28)26(31)20-7-5-8-21(17-20)29-27(32)33-4-2;1-3-31-24-16-21(34-14-6-12-30-13-11-28-18-30)9-10-22(24)23(17-27)25(31)19-7-5-8-20(15-19)29-26(32)33-4-2/h6,8-11,18-19H,4-5,7,12-17H2,1-3H3,(H,30,34);8,10-13,18-19H,3-7,9,14-17H2,1-2H3,(H,30,33);5,7-10,17-18H,3-4,6,11-16H2,1-2H3,(H,29,32);5,7-11,13,15-16,18H,3-4,6,12,14H2,1-2H3,(H,29,32). The number of nitrogens with zero attached hydrogens (tertiary/aromatic N) is 14. The Morgan fingerprint density at radius 3 is 0.929 bits per heavy atom. The number of carbonyl (C=O) groups is 4. The first-order chi connectivity index (χ1) is 68.4. The van der Waals surface area contributed by atoms with Crippen LogP contribution < -0.4 is 40.2 Å². The van der Waals surface area contributed by atoms with E-state index in [4.69, 9.17) is 37.9 Å². The van der Waals surface area contributed by atoms with Crippen molar-refractivity contribution in [2.45, 2.75) is 133 Å². The Morgan fingerprint density at radius 1 is 0.357 bits per heavy atom. The van der Waals surface area contributed by atoms with Crippen molar-refractivity contribution in [3.63, 3.8) is 0 Å². The number of imidazole rings is 1. The Bertz CT molecular complexity index is 6340. The third kappa shape index (κ3) is 26.9. The Morgan fingerprint density at radius 2 is 0.650 bits per heavy atom. The fraction of sp³-hybridized carbons (Fsp3) is 0.385. The van der Waals surface area contributed by atoms with E-state index in [2.05, 4.69) is 116 Å². The van der Waals surface area contributed by atoms with Crippen LogP contribution in [0.3, 0.4) is 0 Å². The molecule has 0 radical (unpaired) electrons. The molecule has 0 bridgehead atoms. The Balaban J connectivity index is 0.000000157. The summed E-state index contributed by atoms with van der Waals surface area (Å²) in [4.78, 5) is 61.4. The van der Waals surface area contributed by atoms with Gasteiger partial charge in [-0.15, -0.1) is 0 Å². The van der Waals surface area contributed by atoms with Crippen molar-refractivity contribution in [2.75, 3.05) is 165 Å². The average molecular weight is 1910 g/mol. The van der Waals surface area contributed by atoms with E-state index in [0.29, 0.717) is 124 Å². The lowest BCUT2D eigenvalue weighted by Gasteiger charge is -2.32. The number of nitrogens with one attached hydrogen (secondary N) is 4. The maximum absolute atomic E-state index is 11.9. The van der Waals surface area contributed by atoms with Crippen LogP contribution >= 0.6 is 11.8 Å². The van der Waals surface area contributed by atoms with Crippen LogP contribution in [-0.2, 0) is 51.7 Å². The van der Waals surface area contributed by atoms with Gasteiger partial charge in [-0.2, -0.15) is 32.8 Å². The summed E-state index contributed by atoms with van der Waals surface area (Å²) in [6.07, 6.45) is 11.3. The summed E-state index contributed by atoms with van der Waals surface area (Å²) >= 11 is 2.03. The average Bonchev–Trinajstić information content (AvgIpc) is 1.62. The van der Waals surface area contributed by atoms with Gasteiger partial charge in [0.1, 0.15) is 47.3 Å². The fourth-order valence-electron chi connectivity index (χ4n) is 18.1. The van der Waals surface area contributed by atoms with E-state index in [9.17, 15) is 40.2 Å². The highest BCUT2D eigenvalue weighted by molar-refractivity contribution is 7.99. The minimum atomic E-state index is -0.508. The molecule has 30 nitrogen and oxygen atoms in total. The highest BCUT2D eigenvalue weighted by Gasteiger charge is 2.27. The van der Waals surface area contributed by atoms with E-state index in [1.165, 1.54) is 43.9 Å². The molecule has 0 saturated carbocycles. The van der Waals surface area contributed by atoms with Crippen molar-refractivity contribution in [2.24, 2.45) is 0 Å². The number of fused-ring (bicyclic) bond motifs is 4. The van der Waals surface area contributed by atoms with E-state index >= 15 is 0 Å². The molecular weight excluding hydrogens is 1790 g/mol. The van der Waals surface area contributed by atoms with Crippen LogP contribution in [0.15, 0.2) is 189 Å². The number of ether oxygens (including phenoxy) is 8. The molecule has 3 aliphatic rings. The van der Waals surface area contributed by atoms with Gasteiger partial charge in [0.15, 0.2) is 0 Å². The van der Waals surface area contributed by atoms with Crippen molar-refractivity contribution in [1.82, 2.24) is 47.4 Å². The highest BCUT2D eigenvalue weighted by Crippen LogP contribution is 2.42. The third-order valence-corrected chi connectivity index (χ3v) is 25.6. The number of rotatable bonds is 36. The molecule has 16 rings (SSSR count). The number of piperazine rings is 1. The van der Waals surface area contributed by atoms with Crippen molar-refractivity contribution in [1.29, 1.82) is 21.0 Å². The summed E-state index contributed by atoms with van der Waals surface area (Å²) in [5, 5.41) is 54.7. The second-order valence-corrected chi connectivity index (χ2v) is 35.1. The fourth-order valence-corrected chi connectivity index (χ4v) is 19.1. The van der Waals surface area contributed by atoms with Gasteiger partial charge in [0.25, 0.3) is 0 Å². The molecule has 732 valence electrons. The molecule has 4 amide bonds. The van der Waals surface area contributed by atoms with Gasteiger partial charge in [-0.3, -0.25) is 21.3 Å². The van der Waals surface area contributed by atoms with E-state index in [0.717, 1.165) is 203 Å². The topological polar surface area (TPSA) is 336 Å². The van der Waals surface area contributed by atoms with E-state index in [1.807, 2.05) is 175 Å². The van der Waals surface area contributed by atoms with Gasteiger partial charge in [0.05, 0.1) is 126 Å². The number of thioether (sulfide) groups is 1. The summed E-state index contributed by atoms with van der Waals surface area (Å²) in [5.41, 5.74) is 15.5. The zero-order valence-electron chi connectivity index (χ0n) is 81.8. The number of anilines is 4. The second-order valence-electron chi connectivity index (χ2n) is 33.8. The minimum Gasteiger partial charge on any atom is -0.493 e. The van der Waals surface area contributed by atoms with E-state index in [1.54, 1.807) is 64.5 Å². The van der Waals surface area contributed by atoms with Crippen LogP contribution in [0.5, 0.6) is 23.0 Å². The molecule has 3 fully saturated rings. The summed E-state index contributed by atoms with van der Waals surface area (Å²) in [7, 11) is 2.17. The molecule has 4 N–H and O–H groups in total. The largest absolute Gasteiger partial charge is 0.493 e. The first-order valence-electron chi connectivity index (χ1n) is 48.8. The van der Waals surface area contributed by atoms with Gasteiger partial charge in [0, 0.05) is 206 Å². The van der Waals surface area contributed by atoms with Gasteiger partial charge in [0.2, 0.25) is 0 Å². The van der Waals surface area contributed by atoms with Crippen molar-refractivity contribution in [3.8, 4) is 92.3 Å². The molecule has 0 unspecified atom stereocenters. The maximum atomic E-state index is 11.9. The highest BCUT2D eigenvalue weighted by atomic mass is 32.2. The smallest absolute Gasteiger partial charge is 0.411 e. The molecule has 5 aromatic heterocycles. The predicted octanol–water partition coefficient (Wildman–Crippen LogP) is 21.8. The number of amides is 4. The quantitative estimate of drug-likeness (QED) is 0.0209. The molecule has 3 saturated heterocycles. The van der Waals surface area contributed by atoms with Crippen LogP contribution in [0, 0.1) is 45.3 Å². The summed E-state index contributed by atoms with van der Waals surface area (Å²) < 4.78 is 54.8. The number of hydrogen-bond acceptors (Lipinski definition) is 22. The van der Waals surface area contributed by atoms with Crippen molar-refractivity contribution < 1.29 is 57.1 Å². The molecular formula is C109H128N18O12S. The van der Waals surface area contributed by atoms with Crippen LogP contribution in [0.25, 0.3) is 88.6 Å². The number of hydrogen-bond donors (Lipinski definition) is 4. The SMILES string of the molecule is CCOC(=O)Nc1cccc(-c2c(C#N)c3ccc(OCCCN4CCCCC4)cc3n2CC)c1.CCOC(=O)Nc1cccc(-c2c(C#N)c3ccc(OCCCN4CCN(C)CC4)cc3n2CC)c1.CCOC(=O)Nc1cccc(-c2c(C#N)c3ccc(OCCCN4CCSCC4)cc3n2CC)c1.CCOC(=O)Nc1cccc(-c2c(C#N)c3ccc(OCCCn4ccnc4)cc3n2CC)c1. The van der Waals surface area contributed by atoms with Crippen molar-refractivity contribution in [3.05, 3.63) is 211 Å². The lowest BCUT2D eigenvalue weighted by atomic mass is 10.1. The Labute approximate surface area is 824 Å². The molecule has 31 heteroatoms. The predicted molar refractivity (Wildman–Crippen MR) is 554 cm³/mol. The number of aromatic nitrogens is 6. The number of likely N-dealkylation sites (tertiary alicyclic amines) is 1. The van der Waals surface area contributed by atoms with Crippen LogP contribution in [0.1, 0.15) is 123 Å². The van der Waals surface area contributed by atoms with E-state index in [-0.39, 0.29) is 0 Å². The number of carbonyl (C=O) groups excluding carboxylic acids is 4. The van der Waals surface area contributed by atoms with Gasteiger partial charge in [-0.1, -0.05) is 55.0 Å². The maximum Gasteiger partial charge on any atom is 0.411 e. The molecule has 8 aromatic carbocycles. The second kappa shape index (κ2) is 52.4. The summed E-state index contributed by atoms with van der Waals surface area (Å²) in [5.74, 6) is 5.64. The molecule has 8 heterocycles. The summed E-state index contributed by atoms with van der Waals surface area (Å²) in [6.45, 7) is 35.0. The van der Waals surface area contributed by atoms with Gasteiger partial charge in [-0.05, 0) is 211 Å². The van der Waals surface area contributed by atoms with Crippen LogP contribution in [0.2, 0.25) is 0 Å². The lowest BCUT2D eigenvalue weighted by Crippen LogP contribution is -2.44. The molecule has 140 heavy (non-hydrogen) atoms. The first-order valence-corrected chi connectivity index (χ1v) is 49.9. The van der Waals surface area contributed by atoms with Crippen LogP contribution in [0.4, 0.5) is 41.9 Å². The number of aryl methyl sites for hydroxylation is 5. The van der Waals surface area contributed by atoms with Crippen LogP contribution in [-0.4, -0.2) is 215 Å². The Kier molecular flexibility index (Phi) is 38.5. The number of benzene rings is 8. The van der Waals surface area contributed by atoms with Gasteiger partial charge >= 0.3 is 24.4 Å². The molecule has 3 aliphatic heterocycles. The molecule has 0 atom stereocenters. The normalized spacial score (nSPS) is 13.3. The van der Waals surface area contributed by atoms with Gasteiger partial charge < -0.3 is 80.3 Å². The van der Waals surface area contributed by atoms with Crippen molar-refractivity contribution >= 4 is 102 Å². The monoisotopic (exact) mass is 1910 g/mol. The zero-order chi connectivity index (χ0) is 98.7. The molecule has 0 spiro atoms. The Hall–Kier alpha value is -14.4. The minimum absolute atomic E-state index is 0.294. The lowest BCUT2D eigenvalue weighted by molar-refractivity contribution is 0.145. The zero-order valence-corrected chi connectivity index (χ0v) is 82.6. The van der Waals surface area contributed by atoms with Gasteiger partial charge in [-0.25, -0.2) is 24.2 Å². The first kappa shape index (κ1) is 103. The number of piperidine rings is 1. The number of likely N-dealkylation sites (N-methyl/N-ethyl adjacent to an activating group) is 1.